The fourth-order valence-electron chi connectivity index (χ4n) is 1.91. The number of thiophene rings is 1. The van der Waals surface area contributed by atoms with Crippen LogP contribution in [0.4, 0.5) is 11.4 Å². The van der Waals surface area contributed by atoms with Gasteiger partial charge in [-0.05, 0) is 23.9 Å². The lowest BCUT2D eigenvalue weighted by Crippen LogP contribution is -2.21. The molecule has 0 aliphatic rings. The van der Waals surface area contributed by atoms with Crippen LogP contribution in [-0.2, 0) is 6.42 Å². The van der Waals surface area contributed by atoms with Gasteiger partial charge in [0.1, 0.15) is 6.07 Å². The monoisotopic (exact) mass is 287 g/mol. The maximum Gasteiger partial charge on any atom is 0.270 e. The highest BCUT2D eigenvalue weighted by molar-refractivity contribution is 7.09. The molecule has 2 rings (SSSR count). The van der Waals surface area contributed by atoms with Gasteiger partial charge in [-0.1, -0.05) is 6.07 Å². The highest BCUT2D eigenvalue weighted by Crippen LogP contribution is 2.24. The largest absolute Gasteiger partial charge is 0.373 e. The third kappa shape index (κ3) is 3.13. The minimum Gasteiger partial charge on any atom is -0.373 e. The van der Waals surface area contributed by atoms with Gasteiger partial charge in [-0.25, -0.2) is 0 Å². The molecule has 2 aromatic rings. The average molecular weight is 287 g/mol. The Kier molecular flexibility index (Phi) is 4.33. The van der Waals surface area contributed by atoms with Gasteiger partial charge in [0.25, 0.3) is 5.69 Å². The molecule has 0 aliphatic carbocycles. The molecule has 1 heterocycles. The molecule has 0 N–H and O–H groups in total. The first-order valence-electron chi connectivity index (χ1n) is 6.04. The molecule has 0 spiro atoms. The van der Waals surface area contributed by atoms with Gasteiger partial charge in [-0.2, -0.15) is 5.26 Å². The van der Waals surface area contributed by atoms with Gasteiger partial charge in [0.15, 0.2) is 0 Å². The van der Waals surface area contributed by atoms with E-state index in [2.05, 4.69) is 6.07 Å². The van der Waals surface area contributed by atoms with Gasteiger partial charge < -0.3 is 4.90 Å². The molecule has 20 heavy (non-hydrogen) atoms. The van der Waals surface area contributed by atoms with Crippen LogP contribution in [-0.4, -0.2) is 18.5 Å². The van der Waals surface area contributed by atoms with E-state index in [1.54, 1.807) is 17.4 Å². The van der Waals surface area contributed by atoms with Crippen LogP contribution in [0, 0.1) is 21.4 Å². The lowest BCUT2D eigenvalue weighted by Gasteiger charge is -2.19. The Bertz CT molecular complexity index is 647. The van der Waals surface area contributed by atoms with Crippen molar-refractivity contribution in [3.8, 4) is 6.07 Å². The van der Waals surface area contributed by atoms with Crippen LogP contribution >= 0.6 is 11.3 Å². The molecule has 0 unspecified atom stereocenters. The van der Waals surface area contributed by atoms with Crippen molar-refractivity contribution >= 4 is 22.7 Å². The minimum absolute atomic E-state index is 0.0584. The number of nitriles is 1. The number of hydrogen-bond donors (Lipinski definition) is 0. The van der Waals surface area contributed by atoms with Crippen LogP contribution in [0.25, 0.3) is 0 Å². The van der Waals surface area contributed by atoms with E-state index in [-0.39, 0.29) is 5.69 Å². The number of anilines is 1. The van der Waals surface area contributed by atoms with Gasteiger partial charge in [0, 0.05) is 30.6 Å². The van der Waals surface area contributed by atoms with Gasteiger partial charge in [-0.3, -0.25) is 10.1 Å². The van der Waals surface area contributed by atoms with Gasteiger partial charge in [0.05, 0.1) is 16.2 Å². The molecule has 0 saturated heterocycles. The van der Waals surface area contributed by atoms with Crippen LogP contribution in [0.1, 0.15) is 10.4 Å². The van der Waals surface area contributed by atoms with E-state index < -0.39 is 4.92 Å². The lowest BCUT2D eigenvalue weighted by molar-refractivity contribution is -0.384. The van der Waals surface area contributed by atoms with Crippen molar-refractivity contribution in [1.29, 1.82) is 5.26 Å². The molecule has 5 nitrogen and oxygen atoms in total. The number of hydrogen-bond acceptors (Lipinski definition) is 5. The Balaban J connectivity index is 2.15. The summed E-state index contributed by atoms with van der Waals surface area (Å²) in [5.74, 6) is 0. The molecule has 0 fully saturated rings. The molecule has 0 aliphatic heterocycles. The molecule has 1 aromatic heterocycles. The number of nitrogens with zero attached hydrogens (tertiary/aromatic N) is 3. The van der Waals surface area contributed by atoms with Gasteiger partial charge >= 0.3 is 0 Å². The van der Waals surface area contributed by atoms with Crippen molar-refractivity contribution < 1.29 is 4.92 Å². The fourth-order valence-corrected chi connectivity index (χ4v) is 2.61. The van der Waals surface area contributed by atoms with Crippen LogP contribution in [0.3, 0.4) is 0 Å². The summed E-state index contributed by atoms with van der Waals surface area (Å²) in [5, 5.41) is 21.9. The Labute approximate surface area is 120 Å². The van der Waals surface area contributed by atoms with E-state index in [1.807, 2.05) is 29.5 Å². The van der Waals surface area contributed by atoms with Crippen molar-refractivity contribution in [3.63, 3.8) is 0 Å². The van der Waals surface area contributed by atoms with E-state index in [0.717, 1.165) is 18.7 Å². The zero-order valence-corrected chi connectivity index (χ0v) is 11.8. The normalized spacial score (nSPS) is 10.0. The van der Waals surface area contributed by atoms with E-state index in [1.165, 1.54) is 17.0 Å². The SMILES string of the molecule is CN(CCc1cccs1)c1ccc([N+](=O)[O-])cc1C#N. The quantitative estimate of drug-likeness (QED) is 0.625. The molecular formula is C14H13N3O2S. The average Bonchev–Trinajstić information content (AvgIpc) is 2.97. The molecule has 0 amide bonds. The minimum atomic E-state index is -0.490. The maximum absolute atomic E-state index is 10.7. The molecular weight excluding hydrogens is 274 g/mol. The number of likely N-dealkylation sites (N-methyl/N-ethyl adjacent to an activating group) is 1. The summed E-state index contributed by atoms with van der Waals surface area (Å²) in [7, 11) is 1.88. The standard InChI is InChI=1S/C14H13N3O2S/c1-16(7-6-13-3-2-8-20-13)14-5-4-12(17(18)19)9-11(14)10-15/h2-5,8-9H,6-7H2,1H3. The second kappa shape index (κ2) is 6.17. The number of non-ortho nitro benzene ring substituents is 1. The molecule has 0 bridgehead atoms. The van der Waals surface area contributed by atoms with Gasteiger partial charge in [-0.15, -0.1) is 11.3 Å². The van der Waals surface area contributed by atoms with Crippen molar-refractivity contribution in [1.82, 2.24) is 0 Å². The number of rotatable bonds is 5. The predicted molar refractivity (Wildman–Crippen MR) is 79.1 cm³/mol. The molecule has 0 atom stereocenters. The number of nitro groups is 1. The summed E-state index contributed by atoms with van der Waals surface area (Å²) in [5.41, 5.74) is 0.986. The van der Waals surface area contributed by atoms with Crippen molar-refractivity contribution in [2.75, 3.05) is 18.5 Å². The lowest BCUT2D eigenvalue weighted by atomic mass is 10.1. The first kappa shape index (κ1) is 14.0. The highest BCUT2D eigenvalue weighted by atomic mass is 32.1. The Morgan fingerprint density at radius 1 is 1.45 bits per heavy atom. The Morgan fingerprint density at radius 3 is 2.85 bits per heavy atom. The Hall–Kier alpha value is -2.39. The second-order valence-corrected chi connectivity index (χ2v) is 5.35. The number of benzene rings is 1. The summed E-state index contributed by atoms with van der Waals surface area (Å²) < 4.78 is 0. The smallest absolute Gasteiger partial charge is 0.270 e. The maximum atomic E-state index is 10.7. The molecule has 6 heteroatoms. The van der Waals surface area contributed by atoms with Gasteiger partial charge in [0.2, 0.25) is 0 Å². The summed E-state index contributed by atoms with van der Waals surface area (Å²) in [6.45, 7) is 0.757. The van der Waals surface area contributed by atoms with Crippen LogP contribution in [0.5, 0.6) is 0 Å². The molecule has 102 valence electrons. The third-order valence-corrected chi connectivity index (χ3v) is 3.93. The zero-order valence-electron chi connectivity index (χ0n) is 10.9. The molecule has 0 radical (unpaired) electrons. The van der Waals surface area contributed by atoms with Crippen molar-refractivity contribution in [2.24, 2.45) is 0 Å². The summed E-state index contributed by atoms with van der Waals surface area (Å²) >= 11 is 1.70. The summed E-state index contributed by atoms with van der Waals surface area (Å²) in [6, 6.07) is 10.5. The van der Waals surface area contributed by atoms with E-state index in [4.69, 9.17) is 5.26 Å². The first-order chi connectivity index (χ1) is 9.61. The fraction of sp³-hybridized carbons (Fsp3) is 0.214. The summed E-state index contributed by atoms with van der Waals surface area (Å²) in [4.78, 5) is 13.4. The van der Waals surface area contributed by atoms with Crippen molar-refractivity contribution in [3.05, 3.63) is 56.3 Å². The summed E-state index contributed by atoms with van der Waals surface area (Å²) in [6.07, 6.45) is 0.885. The van der Waals surface area contributed by atoms with Crippen LogP contribution in [0.2, 0.25) is 0 Å². The second-order valence-electron chi connectivity index (χ2n) is 4.32. The van der Waals surface area contributed by atoms with E-state index >= 15 is 0 Å². The molecule has 0 saturated carbocycles. The highest BCUT2D eigenvalue weighted by Gasteiger charge is 2.13. The first-order valence-corrected chi connectivity index (χ1v) is 6.92. The van der Waals surface area contributed by atoms with Crippen LogP contribution < -0.4 is 4.90 Å². The Morgan fingerprint density at radius 2 is 2.25 bits per heavy atom. The third-order valence-electron chi connectivity index (χ3n) is 3.00. The van der Waals surface area contributed by atoms with E-state index in [9.17, 15) is 10.1 Å². The topological polar surface area (TPSA) is 70.2 Å². The van der Waals surface area contributed by atoms with E-state index in [0.29, 0.717) is 5.56 Å². The molecule has 1 aromatic carbocycles. The van der Waals surface area contributed by atoms with Crippen LogP contribution in [0.15, 0.2) is 35.7 Å². The van der Waals surface area contributed by atoms with Crippen molar-refractivity contribution in [2.45, 2.75) is 6.42 Å². The number of nitro benzene ring substituents is 1. The predicted octanol–water partition coefficient (Wildman–Crippen LogP) is 3.21. The zero-order chi connectivity index (χ0) is 14.5.